The number of carbonyl (C=O) groups is 1. The van der Waals surface area contributed by atoms with Crippen LogP contribution in [0.15, 0.2) is 55.1 Å². The highest BCUT2D eigenvalue weighted by Crippen LogP contribution is 2.35. The molecule has 1 aliphatic heterocycles. The second-order valence-electron chi connectivity index (χ2n) is 9.53. The number of imidazole rings is 1. The van der Waals surface area contributed by atoms with Crippen LogP contribution in [0, 0.1) is 0 Å². The Kier molecular flexibility index (Phi) is 5.86. The number of piperidine rings is 1. The van der Waals surface area contributed by atoms with Crippen molar-refractivity contribution in [1.29, 1.82) is 0 Å². The maximum absolute atomic E-state index is 11.8. The predicted octanol–water partition coefficient (Wildman–Crippen LogP) is 5.02. The zero-order valence-corrected chi connectivity index (χ0v) is 21.9. The highest BCUT2D eigenvalue weighted by molar-refractivity contribution is 7.17. The molecule has 0 bridgehead atoms. The molecule has 6 aromatic heterocycles. The van der Waals surface area contributed by atoms with Crippen LogP contribution >= 0.6 is 11.3 Å². The van der Waals surface area contributed by atoms with Crippen LogP contribution in [-0.2, 0) is 0 Å². The first-order valence-electron chi connectivity index (χ1n) is 12.8. The average Bonchev–Trinajstić information content (AvgIpc) is 3.71. The first-order chi connectivity index (χ1) is 19.1. The second-order valence-corrected chi connectivity index (χ2v) is 10.6. The molecule has 7 rings (SSSR count). The molecule has 0 radical (unpaired) electrons. The summed E-state index contributed by atoms with van der Waals surface area (Å²) in [6.07, 6.45) is 9.24. The number of hydrogen-bond acceptors (Lipinski definition) is 9. The molecule has 11 heteroatoms. The summed E-state index contributed by atoms with van der Waals surface area (Å²) >= 11 is 1.46. The van der Waals surface area contributed by atoms with E-state index < -0.39 is 0 Å². The highest BCUT2D eigenvalue weighted by Gasteiger charge is 2.19. The van der Waals surface area contributed by atoms with Gasteiger partial charge in [0.05, 0.1) is 22.0 Å². The molecule has 0 aromatic carbocycles. The third-order valence-electron chi connectivity index (χ3n) is 6.89. The van der Waals surface area contributed by atoms with Gasteiger partial charge in [-0.05, 0) is 63.2 Å². The van der Waals surface area contributed by atoms with E-state index in [-0.39, 0.29) is 11.9 Å². The van der Waals surface area contributed by atoms with E-state index in [1.165, 1.54) is 11.3 Å². The van der Waals surface area contributed by atoms with Gasteiger partial charge >= 0.3 is 0 Å². The van der Waals surface area contributed by atoms with Crippen molar-refractivity contribution in [2.45, 2.75) is 25.9 Å². The lowest BCUT2D eigenvalue weighted by atomic mass is 10.1. The Morgan fingerprint density at radius 2 is 1.90 bits per heavy atom. The lowest BCUT2D eigenvalue weighted by molar-refractivity contribution is 0.102. The van der Waals surface area contributed by atoms with E-state index in [1.807, 2.05) is 36.5 Å². The number of ether oxygens (including phenoxy) is 1. The van der Waals surface area contributed by atoms with E-state index in [0.717, 1.165) is 64.2 Å². The molecule has 0 saturated carbocycles. The lowest BCUT2D eigenvalue weighted by Gasteiger charge is -2.23. The Bertz CT molecular complexity index is 1830. The van der Waals surface area contributed by atoms with Crippen LogP contribution in [-0.4, -0.2) is 60.1 Å². The molecular formula is C28H24N8O2S. The summed E-state index contributed by atoms with van der Waals surface area (Å²) in [5.74, 6) is 1.41. The Morgan fingerprint density at radius 1 is 1.03 bits per heavy atom. The summed E-state index contributed by atoms with van der Waals surface area (Å²) in [4.78, 5) is 35.1. The fourth-order valence-corrected chi connectivity index (χ4v) is 5.82. The average molecular weight is 537 g/mol. The minimum Gasteiger partial charge on any atom is -0.489 e. The first-order valence-corrected chi connectivity index (χ1v) is 13.6. The normalized spacial score (nSPS) is 14.3. The lowest BCUT2D eigenvalue weighted by Crippen LogP contribution is -2.34. The van der Waals surface area contributed by atoms with Gasteiger partial charge in [-0.3, -0.25) is 14.9 Å². The Labute approximate surface area is 226 Å². The molecule has 0 aliphatic carbocycles. The van der Waals surface area contributed by atoms with E-state index in [4.69, 9.17) is 9.72 Å². The van der Waals surface area contributed by atoms with Crippen LogP contribution in [0.2, 0.25) is 0 Å². The maximum Gasteiger partial charge on any atom is 0.181 e. The predicted molar refractivity (Wildman–Crippen MR) is 150 cm³/mol. The van der Waals surface area contributed by atoms with Crippen molar-refractivity contribution < 1.29 is 9.53 Å². The molecule has 3 N–H and O–H groups in total. The molecule has 0 amide bonds. The van der Waals surface area contributed by atoms with Gasteiger partial charge in [0.1, 0.15) is 17.5 Å². The van der Waals surface area contributed by atoms with Gasteiger partial charge in [0.25, 0.3) is 0 Å². The third kappa shape index (κ3) is 4.45. The number of Topliss-reactive ketones (excluding diaryl/α,β-unsaturated/α-hetero) is 1. The van der Waals surface area contributed by atoms with Crippen LogP contribution < -0.4 is 10.1 Å². The summed E-state index contributed by atoms with van der Waals surface area (Å²) in [5.41, 5.74) is 5.43. The Morgan fingerprint density at radius 3 is 2.74 bits per heavy atom. The van der Waals surface area contributed by atoms with Gasteiger partial charge in [-0.15, -0.1) is 11.3 Å². The molecule has 1 fully saturated rings. The molecule has 194 valence electrons. The van der Waals surface area contributed by atoms with Crippen molar-refractivity contribution in [3.63, 3.8) is 0 Å². The van der Waals surface area contributed by atoms with E-state index in [2.05, 4.69) is 35.5 Å². The van der Waals surface area contributed by atoms with Crippen LogP contribution in [0.1, 0.15) is 29.4 Å². The summed E-state index contributed by atoms with van der Waals surface area (Å²) in [6, 6.07) is 9.77. The minimum absolute atomic E-state index is 0.0488. The van der Waals surface area contributed by atoms with Crippen molar-refractivity contribution in [3.05, 3.63) is 60.0 Å². The molecule has 10 nitrogen and oxygen atoms in total. The zero-order chi connectivity index (χ0) is 26.3. The first kappa shape index (κ1) is 23.6. The second kappa shape index (κ2) is 9.68. The fraction of sp³-hybridized carbons (Fsp3) is 0.214. The van der Waals surface area contributed by atoms with Crippen molar-refractivity contribution in [1.82, 2.24) is 40.4 Å². The number of H-pyrrole nitrogens is 2. The largest absolute Gasteiger partial charge is 0.489 e. The third-order valence-corrected chi connectivity index (χ3v) is 8.11. The number of rotatable bonds is 6. The molecule has 1 saturated heterocycles. The molecule has 0 atom stereocenters. The van der Waals surface area contributed by atoms with Crippen LogP contribution in [0.5, 0.6) is 5.75 Å². The molecule has 0 unspecified atom stereocenters. The number of aromatic nitrogens is 7. The summed E-state index contributed by atoms with van der Waals surface area (Å²) in [5, 5.41) is 11.7. The van der Waals surface area contributed by atoms with Crippen molar-refractivity contribution in [2.24, 2.45) is 0 Å². The van der Waals surface area contributed by atoms with Gasteiger partial charge in [-0.2, -0.15) is 5.10 Å². The van der Waals surface area contributed by atoms with Crippen molar-refractivity contribution >= 4 is 39.3 Å². The van der Waals surface area contributed by atoms with Gasteiger partial charge in [0.15, 0.2) is 22.9 Å². The smallest absolute Gasteiger partial charge is 0.181 e. The quantitative estimate of drug-likeness (QED) is 0.253. The number of ketones is 1. The maximum atomic E-state index is 11.8. The Hall–Kier alpha value is -4.48. The zero-order valence-electron chi connectivity index (χ0n) is 21.1. The Balaban J connectivity index is 1.25. The van der Waals surface area contributed by atoms with Crippen molar-refractivity contribution in [3.8, 4) is 38.8 Å². The highest BCUT2D eigenvalue weighted by atomic mass is 32.1. The molecule has 1 aliphatic rings. The summed E-state index contributed by atoms with van der Waals surface area (Å²) in [6.45, 7) is 3.51. The van der Waals surface area contributed by atoms with E-state index in [1.54, 1.807) is 25.5 Å². The minimum atomic E-state index is 0.0488. The SMILES string of the molecule is CC(=O)c1ccc(-c2ccnc3nc(-c4[nH]nc5ncc(-c6cncc(OC7CCNCC7)c6)cc45)[nH]c23)s1. The number of pyridine rings is 3. The van der Waals surface area contributed by atoms with Gasteiger partial charge < -0.3 is 15.0 Å². The topological polar surface area (TPSA) is 134 Å². The van der Waals surface area contributed by atoms with Gasteiger partial charge in [0, 0.05) is 40.2 Å². The molecule has 39 heavy (non-hydrogen) atoms. The number of thiophene rings is 1. The number of nitrogens with one attached hydrogen (secondary N) is 3. The molecule has 0 spiro atoms. The summed E-state index contributed by atoms with van der Waals surface area (Å²) in [7, 11) is 0. The van der Waals surface area contributed by atoms with Crippen LogP contribution in [0.25, 0.3) is 55.3 Å². The molecule has 7 heterocycles. The fourth-order valence-electron chi connectivity index (χ4n) is 4.89. The monoisotopic (exact) mass is 536 g/mol. The van der Waals surface area contributed by atoms with E-state index >= 15 is 0 Å². The van der Waals surface area contributed by atoms with Crippen LogP contribution in [0.4, 0.5) is 0 Å². The number of aromatic amines is 2. The number of hydrogen-bond donors (Lipinski definition) is 3. The molecular weight excluding hydrogens is 512 g/mol. The standard InChI is InChI=1S/C28H24N8O2S/c1-15(37)22-2-3-23(39-22)20-6-9-31-27-24(20)33-28(34-27)25-21-11-17(13-32-26(21)36-35-25)16-10-19(14-30-12-16)38-18-4-7-29-8-5-18/h2-3,6,9-14,18,29H,4-5,7-8H2,1H3,(H,31,33,34)(H,32,35,36). The molecule has 6 aromatic rings. The van der Waals surface area contributed by atoms with E-state index in [0.29, 0.717) is 27.7 Å². The van der Waals surface area contributed by atoms with E-state index in [9.17, 15) is 4.79 Å². The van der Waals surface area contributed by atoms with Crippen molar-refractivity contribution in [2.75, 3.05) is 13.1 Å². The van der Waals surface area contributed by atoms with Gasteiger partial charge in [0.2, 0.25) is 0 Å². The van der Waals surface area contributed by atoms with Gasteiger partial charge in [-0.1, -0.05) is 0 Å². The summed E-state index contributed by atoms with van der Waals surface area (Å²) < 4.78 is 6.20. The van der Waals surface area contributed by atoms with Crippen LogP contribution in [0.3, 0.4) is 0 Å². The number of carbonyl (C=O) groups excluding carboxylic acids is 1. The number of fused-ring (bicyclic) bond motifs is 2. The van der Waals surface area contributed by atoms with Gasteiger partial charge in [-0.25, -0.2) is 15.0 Å². The number of nitrogens with zero attached hydrogens (tertiary/aromatic N) is 5.